The van der Waals surface area contributed by atoms with Gasteiger partial charge < -0.3 is 9.80 Å². The molecule has 1 aromatic heterocycles. The molecule has 0 unspecified atom stereocenters. The number of carbonyl (C=O) groups excluding carboxylic acids is 1. The molecule has 2 heterocycles. The van der Waals surface area contributed by atoms with Crippen LogP contribution in [0.25, 0.3) is 0 Å². The number of rotatable bonds is 3. The van der Waals surface area contributed by atoms with E-state index in [2.05, 4.69) is 39.7 Å². The van der Waals surface area contributed by atoms with Crippen LogP contribution in [-0.4, -0.2) is 42.0 Å². The maximum atomic E-state index is 13.0. The number of hydrogen-bond acceptors (Lipinski definition) is 4. The summed E-state index contributed by atoms with van der Waals surface area (Å²) in [5.74, 6) is 0.0375. The Hall–Kier alpha value is -1.47. The van der Waals surface area contributed by atoms with Crippen LogP contribution in [0.5, 0.6) is 0 Å². The van der Waals surface area contributed by atoms with Crippen molar-refractivity contribution < 1.29 is 9.18 Å². The van der Waals surface area contributed by atoms with Crippen molar-refractivity contribution in [2.45, 2.75) is 19.8 Å². The lowest BCUT2D eigenvalue weighted by Gasteiger charge is -2.36. The minimum Gasteiger partial charge on any atom is -0.368 e. The first-order chi connectivity index (χ1) is 11.5. The van der Waals surface area contributed by atoms with Gasteiger partial charge in [0, 0.05) is 36.7 Å². The van der Waals surface area contributed by atoms with Crippen LogP contribution in [0.1, 0.15) is 35.1 Å². The number of amides is 1. The van der Waals surface area contributed by atoms with Crippen molar-refractivity contribution in [2.24, 2.45) is 0 Å². The molecule has 24 heavy (non-hydrogen) atoms. The molecule has 1 aliphatic rings. The highest BCUT2D eigenvalue weighted by atomic mass is 79.9. The minimum absolute atomic E-state index is 0.000550. The zero-order chi connectivity index (χ0) is 17.3. The Morgan fingerprint density at radius 1 is 1.21 bits per heavy atom. The van der Waals surface area contributed by atoms with E-state index in [1.165, 1.54) is 23.5 Å². The fraction of sp³-hybridized carbons (Fsp3) is 0.412. The van der Waals surface area contributed by atoms with Crippen LogP contribution in [0.4, 0.5) is 10.1 Å². The molecule has 3 rings (SSSR count). The third-order valence-electron chi connectivity index (χ3n) is 4.11. The second kappa shape index (κ2) is 7.19. The lowest BCUT2D eigenvalue weighted by atomic mass is 10.1. The Balaban J connectivity index is 1.68. The number of anilines is 1. The van der Waals surface area contributed by atoms with E-state index in [1.807, 2.05) is 4.90 Å². The fourth-order valence-corrected chi connectivity index (χ4v) is 4.30. The summed E-state index contributed by atoms with van der Waals surface area (Å²) in [6.07, 6.45) is 0. The average Bonchev–Trinajstić information content (AvgIpc) is 2.97. The number of hydrogen-bond donors (Lipinski definition) is 0. The van der Waals surface area contributed by atoms with E-state index in [-0.39, 0.29) is 17.6 Å². The number of halogens is 2. The summed E-state index contributed by atoms with van der Waals surface area (Å²) in [7, 11) is 0. The Kier molecular flexibility index (Phi) is 5.20. The second-order valence-electron chi connectivity index (χ2n) is 6.09. The molecule has 7 heteroatoms. The van der Waals surface area contributed by atoms with Gasteiger partial charge in [0.25, 0.3) is 5.91 Å². The van der Waals surface area contributed by atoms with Crippen LogP contribution in [-0.2, 0) is 0 Å². The highest BCUT2D eigenvalue weighted by Gasteiger charge is 2.27. The summed E-state index contributed by atoms with van der Waals surface area (Å²) in [6.45, 7) is 6.90. The van der Waals surface area contributed by atoms with Gasteiger partial charge in [-0.15, -0.1) is 11.3 Å². The molecule has 0 aliphatic carbocycles. The van der Waals surface area contributed by atoms with Crippen molar-refractivity contribution in [3.05, 3.63) is 44.6 Å². The van der Waals surface area contributed by atoms with Gasteiger partial charge in [0.1, 0.15) is 11.5 Å². The Morgan fingerprint density at radius 2 is 1.83 bits per heavy atom. The van der Waals surface area contributed by atoms with E-state index in [4.69, 9.17) is 0 Å². The number of thiazole rings is 1. The molecule has 128 valence electrons. The molecule has 1 aromatic carbocycles. The van der Waals surface area contributed by atoms with Crippen molar-refractivity contribution in [1.29, 1.82) is 0 Å². The highest BCUT2D eigenvalue weighted by molar-refractivity contribution is 9.11. The van der Waals surface area contributed by atoms with Crippen LogP contribution >= 0.6 is 27.3 Å². The molecule has 1 amide bonds. The van der Waals surface area contributed by atoms with Crippen molar-refractivity contribution in [3.63, 3.8) is 0 Å². The SMILES string of the molecule is CC(C)c1sc(Br)nc1C(=O)N1CCN(c2ccc(F)cc2)CC1. The molecule has 1 fully saturated rings. The zero-order valence-corrected chi connectivity index (χ0v) is 16.0. The largest absolute Gasteiger partial charge is 0.368 e. The Bertz CT molecular complexity index is 724. The normalized spacial score (nSPS) is 15.2. The van der Waals surface area contributed by atoms with Gasteiger partial charge in [0.15, 0.2) is 3.92 Å². The van der Waals surface area contributed by atoms with Gasteiger partial charge in [-0.2, -0.15) is 0 Å². The van der Waals surface area contributed by atoms with Gasteiger partial charge in [-0.3, -0.25) is 4.79 Å². The molecule has 0 atom stereocenters. The van der Waals surface area contributed by atoms with Crippen LogP contribution in [0.3, 0.4) is 0 Å². The van der Waals surface area contributed by atoms with Gasteiger partial charge in [-0.05, 0) is 46.1 Å². The fourth-order valence-electron chi connectivity index (χ4n) is 2.82. The van der Waals surface area contributed by atoms with E-state index < -0.39 is 0 Å². The predicted octanol–water partition coefficient (Wildman–Crippen LogP) is 4.13. The van der Waals surface area contributed by atoms with E-state index in [9.17, 15) is 9.18 Å². The molecule has 0 spiro atoms. The molecular weight excluding hydrogens is 393 g/mol. The molecule has 1 saturated heterocycles. The second-order valence-corrected chi connectivity index (χ2v) is 8.40. The number of benzene rings is 1. The molecule has 2 aromatic rings. The van der Waals surface area contributed by atoms with Crippen molar-refractivity contribution >= 4 is 38.9 Å². The van der Waals surface area contributed by atoms with Crippen molar-refractivity contribution in [2.75, 3.05) is 31.1 Å². The van der Waals surface area contributed by atoms with Gasteiger partial charge in [0.2, 0.25) is 0 Å². The Morgan fingerprint density at radius 3 is 2.42 bits per heavy atom. The van der Waals surface area contributed by atoms with E-state index >= 15 is 0 Å². The lowest BCUT2D eigenvalue weighted by Crippen LogP contribution is -2.49. The first-order valence-corrected chi connectivity index (χ1v) is 9.52. The highest BCUT2D eigenvalue weighted by Crippen LogP contribution is 2.30. The van der Waals surface area contributed by atoms with Gasteiger partial charge in [0.05, 0.1) is 0 Å². The van der Waals surface area contributed by atoms with Gasteiger partial charge in [-0.25, -0.2) is 9.37 Å². The summed E-state index contributed by atoms with van der Waals surface area (Å²) in [4.78, 5) is 22.2. The third-order valence-corrected chi connectivity index (χ3v) is 5.92. The molecule has 0 N–H and O–H groups in total. The van der Waals surface area contributed by atoms with Gasteiger partial charge >= 0.3 is 0 Å². The van der Waals surface area contributed by atoms with Crippen molar-refractivity contribution in [3.8, 4) is 0 Å². The zero-order valence-electron chi connectivity index (χ0n) is 13.6. The molecule has 0 saturated carbocycles. The molecule has 0 bridgehead atoms. The first kappa shape index (κ1) is 17.4. The molecule has 4 nitrogen and oxygen atoms in total. The smallest absolute Gasteiger partial charge is 0.273 e. The third kappa shape index (κ3) is 3.62. The lowest BCUT2D eigenvalue weighted by molar-refractivity contribution is 0.0740. The molecular formula is C17H19BrFN3OS. The number of nitrogens with zero attached hydrogens (tertiary/aromatic N) is 3. The quantitative estimate of drug-likeness (QED) is 0.761. The summed E-state index contributed by atoms with van der Waals surface area (Å²) in [5, 5.41) is 0. The number of piperazine rings is 1. The maximum Gasteiger partial charge on any atom is 0.273 e. The van der Waals surface area contributed by atoms with Gasteiger partial charge in [-0.1, -0.05) is 13.8 Å². The number of carbonyl (C=O) groups is 1. The monoisotopic (exact) mass is 411 g/mol. The predicted molar refractivity (Wildman–Crippen MR) is 98.4 cm³/mol. The maximum absolute atomic E-state index is 13.0. The standard InChI is InChI=1S/C17H19BrFN3OS/c1-11(2)15-14(20-17(18)24-15)16(23)22-9-7-21(8-10-22)13-5-3-12(19)4-6-13/h3-6,11H,7-10H2,1-2H3. The molecule has 0 radical (unpaired) electrons. The minimum atomic E-state index is -0.233. The van der Waals surface area contributed by atoms with E-state index in [0.29, 0.717) is 18.8 Å². The van der Waals surface area contributed by atoms with E-state index in [0.717, 1.165) is 27.6 Å². The average molecular weight is 412 g/mol. The van der Waals surface area contributed by atoms with E-state index in [1.54, 1.807) is 12.1 Å². The summed E-state index contributed by atoms with van der Waals surface area (Å²) < 4.78 is 13.8. The Labute approximate surface area is 153 Å². The van der Waals surface area contributed by atoms with Crippen molar-refractivity contribution in [1.82, 2.24) is 9.88 Å². The van der Waals surface area contributed by atoms with Crippen LogP contribution in [0, 0.1) is 5.82 Å². The molecule has 1 aliphatic heterocycles. The van der Waals surface area contributed by atoms with Crippen LogP contribution in [0.15, 0.2) is 28.2 Å². The topological polar surface area (TPSA) is 36.4 Å². The summed E-state index contributed by atoms with van der Waals surface area (Å²) in [6, 6.07) is 6.49. The summed E-state index contributed by atoms with van der Waals surface area (Å²) >= 11 is 4.91. The number of aromatic nitrogens is 1. The van der Waals surface area contributed by atoms with Crippen LogP contribution in [0.2, 0.25) is 0 Å². The first-order valence-electron chi connectivity index (χ1n) is 7.91. The summed E-state index contributed by atoms with van der Waals surface area (Å²) in [5.41, 5.74) is 1.56. The van der Waals surface area contributed by atoms with Crippen LogP contribution < -0.4 is 4.90 Å².